The number of rotatable bonds is 1. The Kier molecular flexibility index (Phi) is 4.42. The average molecular weight is 234 g/mol. The molecule has 0 spiro atoms. The summed E-state index contributed by atoms with van der Waals surface area (Å²) in [6.45, 7) is 8.23. The lowest BCUT2D eigenvalue weighted by atomic mass is 9.72. The summed E-state index contributed by atoms with van der Waals surface area (Å²) in [4.78, 5) is 0. The Bertz CT molecular complexity index is 391. The van der Waals surface area contributed by atoms with E-state index in [9.17, 15) is 5.11 Å². The van der Waals surface area contributed by atoms with Crippen LogP contribution in [0.5, 0.6) is 0 Å². The highest BCUT2D eigenvalue weighted by Crippen LogP contribution is 2.39. The van der Waals surface area contributed by atoms with Crippen molar-refractivity contribution in [2.24, 2.45) is 11.3 Å². The van der Waals surface area contributed by atoms with Crippen LogP contribution in [0.3, 0.4) is 0 Å². The largest absolute Gasteiger partial charge is 0.516 e. The van der Waals surface area contributed by atoms with Crippen LogP contribution in [0.15, 0.2) is 23.5 Å². The van der Waals surface area contributed by atoms with Gasteiger partial charge >= 0.3 is 0 Å². The van der Waals surface area contributed by atoms with E-state index in [1.807, 2.05) is 13.8 Å². The minimum Gasteiger partial charge on any atom is -0.516 e. The van der Waals surface area contributed by atoms with Crippen molar-refractivity contribution in [3.05, 3.63) is 23.5 Å². The minimum absolute atomic E-state index is 0.0444. The van der Waals surface area contributed by atoms with Crippen LogP contribution in [0.25, 0.3) is 0 Å². The Morgan fingerprint density at radius 2 is 2.12 bits per heavy atom. The van der Waals surface area contributed by atoms with E-state index < -0.39 is 0 Å². The lowest BCUT2D eigenvalue weighted by molar-refractivity contribution is 0.117. The average Bonchev–Trinajstić information content (AvgIpc) is 2.14. The van der Waals surface area contributed by atoms with Gasteiger partial charge < -0.3 is 10.2 Å². The van der Waals surface area contributed by atoms with Crippen LogP contribution in [0, 0.1) is 23.2 Å². The van der Waals surface area contributed by atoms with Crippen molar-refractivity contribution in [3.63, 3.8) is 0 Å². The summed E-state index contributed by atoms with van der Waals surface area (Å²) in [5, 5.41) is 18.4. The molecule has 1 aliphatic carbocycles. The highest BCUT2D eigenvalue weighted by atomic mass is 16.3. The minimum atomic E-state index is -0.245. The number of hydrogen-bond acceptors (Lipinski definition) is 2. The normalized spacial score (nSPS) is 25.6. The molecule has 2 heteroatoms. The predicted octanol–water partition coefficient (Wildman–Crippen LogP) is 3.20. The van der Waals surface area contributed by atoms with Crippen LogP contribution < -0.4 is 0 Å². The fourth-order valence-electron chi connectivity index (χ4n) is 2.44. The molecule has 0 aliphatic heterocycles. The van der Waals surface area contributed by atoms with Gasteiger partial charge in [0.2, 0.25) is 0 Å². The first-order chi connectivity index (χ1) is 7.86. The maximum atomic E-state index is 9.77. The molecule has 0 aromatic rings. The second-order valence-electron chi connectivity index (χ2n) is 5.50. The maximum absolute atomic E-state index is 9.77. The fraction of sp³-hybridized carbons (Fsp3) is 0.600. The molecular formula is C15H22O2. The van der Waals surface area contributed by atoms with Gasteiger partial charge in [0.15, 0.2) is 0 Å². The first-order valence-electron chi connectivity index (χ1n) is 6.07. The van der Waals surface area contributed by atoms with E-state index in [-0.39, 0.29) is 17.4 Å². The smallest absolute Gasteiger partial charge is 0.0764 e. The number of hydrogen-bond donors (Lipinski definition) is 2. The molecule has 1 aliphatic rings. The second kappa shape index (κ2) is 5.42. The first kappa shape index (κ1) is 13.9. The topological polar surface area (TPSA) is 40.5 Å². The molecule has 0 radical (unpaired) electrons. The zero-order chi connectivity index (χ0) is 13.1. The lowest BCUT2D eigenvalue weighted by Gasteiger charge is -2.34. The van der Waals surface area contributed by atoms with E-state index in [1.165, 1.54) is 5.57 Å². The Morgan fingerprint density at radius 3 is 2.65 bits per heavy atom. The molecule has 0 heterocycles. The molecule has 0 amide bonds. The molecule has 2 N–H and O–H groups in total. The van der Waals surface area contributed by atoms with E-state index in [1.54, 1.807) is 6.08 Å². The Labute approximate surface area is 104 Å². The molecular weight excluding hydrogens is 212 g/mol. The van der Waals surface area contributed by atoms with Crippen molar-refractivity contribution in [3.8, 4) is 11.8 Å². The van der Waals surface area contributed by atoms with Gasteiger partial charge in [0.05, 0.1) is 12.4 Å². The van der Waals surface area contributed by atoms with Gasteiger partial charge in [-0.1, -0.05) is 31.3 Å². The van der Waals surface area contributed by atoms with Crippen LogP contribution in [-0.4, -0.2) is 16.3 Å². The SMILES string of the molecule is CC1=C(C#CC(C)C=CO)C(C)(C)C[C@H](O)C1. The van der Waals surface area contributed by atoms with Crippen molar-refractivity contribution >= 4 is 0 Å². The third-order valence-electron chi connectivity index (χ3n) is 3.19. The Hall–Kier alpha value is -1.20. The van der Waals surface area contributed by atoms with Crippen molar-refractivity contribution < 1.29 is 10.2 Å². The van der Waals surface area contributed by atoms with Crippen LogP contribution in [-0.2, 0) is 0 Å². The zero-order valence-electron chi connectivity index (χ0n) is 11.1. The number of aliphatic hydroxyl groups is 2. The fourth-order valence-corrected chi connectivity index (χ4v) is 2.44. The molecule has 0 saturated heterocycles. The summed E-state index contributed by atoms with van der Waals surface area (Å²) >= 11 is 0. The van der Waals surface area contributed by atoms with Gasteiger partial charge in [0.1, 0.15) is 0 Å². The number of allylic oxidation sites excluding steroid dienone is 2. The summed E-state index contributed by atoms with van der Waals surface area (Å²) < 4.78 is 0. The van der Waals surface area contributed by atoms with Crippen molar-refractivity contribution in [2.45, 2.75) is 46.6 Å². The lowest BCUT2D eigenvalue weighted by Crippen LogP contribution is -2.28. The molecule has 0 aromatic carbocycles. The second-order valence-corrected chi connectivity index (χ2v) is 5.50. The predicted molar refractivity (Wildman–Crippen MR) is 70.4 cm³/mol. The van der Waals surface area contributed by atoms with Crippen molar-refractivity contribution in [1.29, 1.82) is 0 Å². The molecule has 0 bridgehead atoms. The summed E-state index contributed by atoms with van der Waals surface area (Å²) in [5.74, 6) is 6.39. The van der Waals surface area contributed by atoms with E-state index >= 15 is 0 Å². The monoisotopic (exact) mass is 234 g/mol. The highest BCUT2D eigenvalue weighted by molar-refractivity contribution is 5.40. The van der Waals surface area contributed by atoms with Crippen molar-refractivity contribution in [1.82, 2.24) is 0 Å². The quantitative estimate of drug-likeness (QED) is 0.540. The van der Waals surface area contributed by atoms with Gasteiger partial charge in [-0.3, -0.25) is 0 Å². The van der Waals surface area contributed by atoms with Crippen LogP contribution in [0.4, 0.5) is 0 Å². The van der Waals surface area contributed by atoms with E-state index in [2.05, 4.69) is 25.7 Å². The van der Waals surface area contributed by atoms with Gasteiger partial charge in [-0.25, -0.2) is 0 Å². The van der Waals surface area contributed by atoms with Crippen molar-refractivity contribution in [2.75, 3.05) is 0 Å². The molecule has 2 nitrogen and oxygen atoms in total. The van der Waals surface area contributed by atoms with Crippen LogP contribution in [0.1, 0.15) is 40.5 Å². The first-order valence-corrected chi connectivity index (χ1v) is 6.07. The molecule has 94 valence electrons. The Morgan fingerprint density at radius 1 is 1.47 bits per heavy atom. The third-order valence-corrected chi connectivity index (χ3v) is 3.19. The molecule has 1 unspecified atom stereocenters. The third kappa shape index (κ3) is 3.64. The standard InChI is InChI=1S/C15H22O2/c1-11(7-8-16)5-6-14-12(2)9-13(17)10-15(14,3)4/h7-8,11,13,16-17H,9-10H2,1-4H3/t11?,13-/m1/s1. The Balaban J connectivity index is 2.98. The van der Waals surface area contributed by atoms with E-state index in [4.69, 9.17) is 5.11 Å². The molecule has 0 fully saturated rings. The van der Waals surface area contributed by atoms with Gasteiger partial charge in [-0.2, -0.15) is 0 Å². The maximum Gasteiger partial charge on any atom is 0.0764 e. The zero-order valence-corrected chi connectivity index (χ0v) is 11.1. The summed E-state index contributed by atoms with van der Waals surface area (Å²) in [7, 11) is 0. The molecule has 1 rings (SSSR count). The summed E-state index contributed by atoms with van der Waals surface area (Å²) in [6.07, 6.45) is 3.94. The van der Waals surface area contributed by atoms with Gasteiger partial charge in [0.25, 0.3) is 0 Å². The highest BCUT2D eigenvalue weighted by Gasteiger charge is 2.31. The molecule has 17 heavy (non-hydrogen) atoms. The van der Waals surface area contributed by atoms with Crippen LogP contribution in [0.2, 0.25) is 0 Å². The van der Waals surface area contributed by atoms with E-state index in [0.717, 1.165) is 24.7 Å². The van der Waals surface area contributed by atoms with Gasteiger partial charge in [-0.15, -0.1) is 0 Å². The van der Waals surface area contributed by atoms with Gasteiger partial charge in [-0.05, 0) is 32.8 Å². The van der Waals surface area contributed by atoms with Gasteiger partial charge in [0, 0.05) is 16.9 Å². The molecule has 0 saturated carbocycles. The number of aliphatic hydroxyl groups excluding tert-OH is 2. The summed E-state index contributed by atoms with van der Waals surface area (Å²) in [5.41, 5.74) is 2.26. The molecule has 2 atom stereocenters. The van der Waals surface area contributed by atoms with Crippen LogP contribution >= 0.6 is 0 Å². The summed E-state index contributed by atoms with van der Waals surface area (Å²) in [6, 6.07) is 0. The molecule has 0 aromatic heterocycles. The van der Waals surface area contributed by atoms with E-state index in [0.29, 0.717) is 0 Å².